The number of anilines is 1. The minimum absolute atomic E-state index is 0.0715. The number of rotatable bonds is 5. The Labute approximate surface area is 142 Å². The van der Waals surface area contributed by atoms with Gasteiger partial charge in [-0.1, -0.05) is 12.1 Å². The average molecular weight is 353 g/mol. The molecule has 0 aliphatic carbocycles. The molecule has 2 aliphatic rings. The summed E-state index contributed by atoms with van der Waals surface area (Å²) in [6, 6.07) is 7.53. The first-order valence-electron chi connectivity index (χ1n) is 8.20. The molecule has 1 aromatic carbocycles. The largest absolute Gasteiger partial charge is 0.477 e. The molecule has 0 radical (unpaired) electrons. The fourth-order valence-electron chi connectivity index (χ4n) is 3.06. The fourth-order valence-corrected chi connectivity index (χ4v) is 4.49. The van der Waals surface area contributed by atoms with Gasteiger partial charge >= 0.3 is 0 Å². The number of hydrogen-bond donors (Lipinski definition) is 1. The Morgan fingerprint density at radius 1 is 1.29 bits per heavy atom. The molecule has 0 saturated carbocycles. The molecule has 1 amide bonds. The highest BCUT2D eigenvalue weighted by Gasteiger charge is 2.29. The summed E-state index contributed by atoms with van der Waals surface area (Å²) < 4.78 is 31.5. The summed E-state index contributed by atoms with van der Waals surface area (Å²) in [5, 5.41) is 2.69. The Balaban J connectivity index is 1.53. The summed E-state index contributed by atoms with van der Waals surface area (Å²) in [6.45, 7) is 1.71. The first kappa shape index (κ1) is 17.0. The number of amides is 1. The minimum atomic E-state index is -3.28. The van der Waals surface area contributed by atoms with Gasteiger partial charge in [-0.25, -0.2) is 12.7 Å². The molecule has 0 unspecified atom stereocenters. The van der Waals surface area contributed by atoms with Crippen molar-refractivity contribution >= 4 is 21.6 Å². The van der Waals surface area contributed by atoms with Crippen molar-refractivity contribution in [1.29, 1.82) is 0 Å². The second-order valence-corrected chi connectivity index (χ2v) is 8.26. The van der Waals surface area contributed by atoms with Gasteiger partial charge in [0.25, 0.3) is 5.91 Å². The zero-order valence-corrected chi connectivity index (χ0v) is 14.6. The van der Waals surface area contributed by atoms with Crippen LogP contribution in [0.4, 0.5) is 5.69 Å². The maximum atomic E-state index is 12.3. The van der Waals surface area contributed by atoms with Crippen LogP contribution in [0, 0.1) is 0 Å². The number of nitrogens with one attached hydrogen (secondary N) is 1. The predicted molar refractivity (Wildman–Crippen MR) is 91.7 cm³/mol. The molecule has 1 fully saturated rings. The first-order chi connectivity index (χ1) is 11.5. The molecular formula is C16H23N3O4S. The lowest BCUT2D eigenvalue weighted by atomic mass is 10.2. The van der Waals surface area contributed by atoms with Crippen LogP contribution in [0.5, 0.6) is 5.75 Å². The quantitative estimate of drug-likeness (QED) is 0.830. The van der Waals surface area contributed by atoms with Crippen LogP contribution in [0.3, 0.4) is 0 Å². The van der Waals surface area contributed by atoms with E-state index in [4.69, 9.17) is 4.74 Å². The van der Waals surface area contributed by atoms with Gasteiger partial charge in [0.2, 0.25) is 10.0 Å². The summed E-state index contributed by atoms with van der Waals surface area (Å²) in [7, 11) is -1.38. The van der Waals surface area contributed by atoms with Crippen molar-refractivity contribution in [2.75, 3.05) is 43.9 Å². The van der Waals surface area contributed by atoms with E-state index in [1.54, 1.807) is 0 Å². The Morgan fingerprint density at radius 3 is 2.75 bits per heavy atom. The summed E-state index contributed by atoms with van der Waals surface area (Å²) in [6.07, 6.45) is 1.18. The van der Waals surface area contributed by atoms with E-state index in [1.807, 2.05) is 36.2 Å². The van der Waals surface area contributed by atoms with Crippen LogP contribution in [0.25, 0.3) is 0 Å². The number of carbonyl (C=O) groups is 1. The second kappa shape index (κ2) is 6.98. The molecule has 24 heavy (non-hydrogen) atoms. The van der Waals surface area contributed by atoms with E-state index >= 15 is 0 Å². The SMILES string of the molecule is CN1C[C@H](C(=O)NCCS(=O)(=O)N2CCCC2)Oc2ccccc21. The van der Waals surface area contributed by atoms with Gasteiger partial charge in [0, 0.05) is 26.7 Å². The van der Waals surface area contributed by atoms with E-state index in [0.29, 0.717) is 25.4 Å². The standard InChI is InChI=1S/C16H23N3O4S/c1-18-12-15(23-14-7-3-2-6-13(14)18)16(20)17-8-11-24(21,22)19-9-4-5-10-19/h2-3,6-7,15H,4-5,8-12H2,1H3,(H,17,20)/t15-/m1/s1. The number of sulfonamides is 1. The molecule has 7 nitrogen and oxygen atoms in total. The molecule has 8 heteroatoms. The van der Waals surface area contributed by atoms with Crippen molar-refractivity contribution in [2.45, 2.75) is 18.9 Å². The molecule has 0 bridgehead atoms. The lowest BCUT2D eigenvalue weighted by Crippen LogP contribution is -2.49. The van der Waals surface area contributed by atoms with E-state index in [9.17, 15) is 13.2 Å². The third-order valence-corrected chi connectivity index (χ3v) is 6.27. The molecule has 132 valence electrons. The van der Waals surface area contributed by atoms with Gasteiger partial charge in [-0.2, -0.15) is 0 Å². The van der Waals surface area contributed by atoms with Gasteiger partial charge in [0.1, 0.15) is 5.75 Å². The summed E-state index contributed by atoms with van der Waals surface area (Å²) >= 11 is 0. The molecule has 1 atom stereocenters. The third-order valence-electron chi connectivity index (χ3n) is 4.40. The number of likely N-dealkylation sites (N-methyl/N-ethyl adjacent to an activating group) is 1. The molecule has 1 N–H and O–H groups in total. The monoisotopic (exact) mass is 353 g/mol. The molecule has 2 heterocycles. The van der Waals surface area contributed by atoms with Gasteiger partial charge in [0.15, 0.2) is 6.10 Å². The molecule has 1 aromatic rings. The summed E-state index contributed by atoms with van der Waals surface area (Å²) in [4.78, 5) is 14.3. The highest BCUT2D eigenvalue weighted by molar-refractivity contribution is 7.89. The second-order valence-electron chi connectivity index (χ2n) is 6.17. The van der Waals surface area contributed by atoms with Gasteiger partial charge in [-0.05, 0) is 25.0 Å². The molecule has 0 spiro atoms. The molecule has 0 aromatic heterocycles. The number of para-hydroxylation sites is 2. The Morgan fingerprint density at radius 2 is 2.00 bits per heavy atom. The van der Waals surface area contributed by atoms with Crippen LogP contribution >= 0.6 is 0 Å². The molecule has 3 rings (SSSR count). The summed E-state index contributed by atoms with van der Waals surface area (Å²) in [5.41, 5.74) is 0.943. The Hall–Kier alpha value is -1.80. The van der Waals surface area contributed by atoms with Crippen molar-refractivity contribution in [1.82, 2.24) is 9.62 Å². The first-order valence-corrected chi connectivity index (χ1v) is 9.81. The van der Waals surface area contributed by atoms with E-state index in [1.165, 1.54) is 4.31 Å². The maximum Gasteiger partial charge on any atom is 0.262 e. The topological polar surface area (TPSA) is 79.0 Å². The molecular weight excluding hydrogens is 330 g/mol. The van der Waals surface area contributed by atoms with Crippen LogP contribution in [-0.4, -0.2) is 63.7 Å². The summed E-state index contributed by atoms with van der Waals surface area (Å²) in [5.74, 6) is 0.307. The van der Waals surface area contributed by atoms with Crippen molar-refractivity contribution in [3.63, 3.8) is 0 Å². The van der Waals surface area contributed by atoms with Crippen LogP contribution in [0.2, 0.25) is 0 Å². The van der Waals surface area contributed by atoms with Crippen molar-refractivity contribution in [2.24, 2.45) is 0 Å². The van der Waals surface area contributed by atoms with Crippen LogP contribution in [0.1, 0.15) is 12.8 Å². The average Bonchev–Trinajstić information content (AvgIpc) is 3.10. The number of fused-ring (bicyclic) bond motifs is 1. The van der Waals surface area contributed by atoms with E-state index in [-0.39, 0.29) is 18.2 Å². The number of ether oxygens (including phenoxy) is 1. The van der Waals surface area contributed by atoms with Gasteiger partial charge in [-0.15, -0.1) is 0 Å². The highest BCUT2D eigenvalue weighted by atomic mass is 32.2. The predicted octanol–water partition coefficient (Wildman–Crippen LogP) is 0.426. The Bertz CT molecular complexity index is 701. The van der Waals surface area contributed by atoms with E-state index in [2.05, 4.69) is 5.32 Å². The molecule has 1 saturated heterocycles. The number of nitrogens with zero attached hydrogens (tertiary/aromatic N) is 2. The lowest BCUT2D eigenvalue weighted by molar-refractivity contribution is -0.127. The normalized spacial score (nSPS) is 21.2. The van der Waals surface area contributed by atoms with Gasteiger partial charge in [0.05, 0.1) is 18.0 Å². The van der Waals surface area contributed by atoms with Crippen LogP contribution in [0.15, 0.2) is 24.3 Å². The Kier molecular flexibility index (Phi) is 4.96. The lowest BCUT2D eigenvalue weighted by Gasteiger charge is -2.32. The van der Waals surface area contributed by atoms with Gasteiger partial charge < -0.3 is 15.0 Å². The maximum absolute atomic E-state index is 12.3. The zero-order valence-electron chi connectivity index (χ0n) is 13.8. The number of benzene rings is 1. The van der Waals surface area contributed by atoms with Crippen LogP contribution in [-0.2, 0) is 14.8 Å². The highest BCUT2D eigenvalue weighted by Crippen LogP contribution is 2.31. The number of hydrogen-bond acceptors (Lipinski definition) is 5. The fraction of sp³-hybridized carbons (Fsp3) is 0.562. The number of carbonyl (C=O) groups excluding carboxylic acids is 1. The third kappa shape index (κ3) is 3.64. The van der Waals surface area contributed by atoms with Crippen molar-refractivity contribution < 1.29 is 17.9 Å². The molecule has 2 aliphatic heterocycles. The van der Waals surface area contributed by atoms with Gasteiger partial charge in [-0.3, -0.25) is 4.79 Å². The smallest absolute Gasteiger partial charge is 0.262 e. The van der Waals surface area contributed by atoms with Crippen LogP contribution < -0.4 is 15.0 Å². The zero-order chi connectivity index (χ0) is 17.2. The van der Waals surface area contributed by atoms with Crippen molar-refractivity contribution in [3.8, 4) is 5.75 Å². The minimum Gasteiger partial charge on any atom is -0.477 e. The van der Waals surface area contributed by atoms with Crippen molar-refractivity contribution in [3.05, 3.63) is 24.3 Å². The van der Waals surface area contributed by atoms with E-state index in [0.717, 1.165) is 18.5 Å². The van der Waals surface area contributed by atoms with E-state index < -0.39 is 16.1 Å².